The minimum atomic E-state index is -3.65. The van der Waals surface area contributed by atoms with E-state index in [9.17, 15) is 8.42 Å². The number of sulfonamides is 1. The first-order valence-electron chi connectivity index (χ1n) is 5.07. The van der Waals surface area contributed by atoms with E-state index in [-0.39, 0.29) is 21.4 Å². The molecule has 1 aromatic heterocycles. The number of hydrogen-bond donors (Lipinski definition) is 0. The highest BCUT2D eigenvalue weighted by atomic mass is 79.9. The molecular formula is C9H15BrClN3O3S. The summed E-state index contributed by atoms with van der Waals surface area (Å²) < 4.78 is 32.0. The van der Waals surface area contributed by atoms with Gasteiger partial charge in [-0.25, -0.2) is 8.42 Å². The van der Waals surface area contributed by atoms with Gasteiger partial charge in [-0.1, -0.05) is 27.5 Å². The molecule has 6 nitrogen and oxygen atoms in total. The number of rotatable bonds is 6. The van der Waals surface area contributed by atoms with E-state index in [4.69, 9.17) is 16.3 Å². The van der Waals surface area contributed by atoms with Crippen LogP contribution in [0.4, 0.5) is 0 Å². The fraction of sp³-hybridized carbons (Fsp3) is 0.667. The van der Waals surface area contributed by atoms with Gasteiger partial charge >= 0.3 is 0 Å². The van der Waals surface area contributed by atoms with Crippen molar-refractivity contribution in [3.05, 3.63) is 11.2 Å². The molecule has 1 aromatic rings. The zero-order valence-electron chi connectivity index (χ0n) is 10.3. The predicted octanol–water partition coefficient (Wildman–Crippen LogP) is 1.10. The van der Waals surface area contributed by atoms with Gasteiger partial charge < -0.3 is 4.74 Å². The van der Waals surface area contributed by atoms with Crippen molar-refractivity contribution in [2.75, 3.05) is 27.3 Å². The molecule has 0 aliphatic rings. The Hall–Kier alpha value is -0.150. The fourth-order valence-electron chi connectivity index (χ4n) is 1.45. The number of nitrogens with zero attached hydrogens (tertiary/aromatic N) is 3. The number of ether oxygens (including phenoxy) is 1. The molecule has 1 unspecified atom stereocenters. The molecule has 0 saturated heterocycles. The molecule has 1 heterocycles. The maximum atomic E-state index is 12.3. The van der Waals surface area contributed by atoms with Crippen molar-refractivity contribution in [3.8, 4) is 0 Å². The van der Waals surface area contributed by atoms with Crippen LogP contribution < -0.4 is 0 Å². The van der Waals surface area contributed by atoms with Crippen molar-refractivity contribution in [2.45, 2.75) is 9.85 Å². The second-order valence-corrected chi connectivity index (χ2v) is 7.42. The lowest BCUT2D eigenvalue weighted by atomic mass is 10.4. The van der Waals surface area contributed by atoms with Gasteiger partial charge in [-0.2, -0.15) is 9.40 Å². The Balaban J connectivity index is 2.94. The maximum absolute atomic E-state index is 12.3. The van der Waals surface area contributed by atoms with Crippen molar-refractivity contribution < 1.29 is 13.2 Å². The molecule has 0 fully saturated rings. The Kier molecular flexibility index (Phi) is 5.60. The highest BCUT2D eigenvalue weighted by Crippen LogP contribution is 2.23. The molecule has 0 spiro atoms. The van der Waals surface area contributed by atoms with E-state index in [0.717, 1.165) is 0 Å². The zero-order chi connectivity index (χ0) is 13.9. The lowest BCUT2D eigenvalue weighted by Gasteiger charge is -2.20. The van der Waals surface area contributed by atoms with Gasteiger partial charge in [-0.15, -0.1) is 0 Å². The molecule has 0 amide bonds. The third kappa shape index (κ3) is 3.45. The van der Waals surface area contributed by atoms with Crippen LogP contribution in [0.1, 0.15) is 0 Å². The summed E-state index contributed by atoms with van der Waals surface area (Å²) in [6, 6.07) is 0. The number of aromatic nitrogens is 2. The Labute approximate surface area is 120 Å². The SMILES string of the molecule is COCC(Br)CN(C)S(=O)(=O)c1c(Cl)cnn1C. The van der Waals surface area contributed by atoms with Gasteiger partial charge in [0.1, 0.15) is 0 Å². The van der Waals surface area contributed by atoms with Gasteiger partial charge in [0.25, 0.3) is 10.0 Å². The minimum Gasteiger partial charge on any atom is -0.383 e. The molecule has 0 saturated carbocycles. The van der Waals surface area contributed by atoms with Gasteiger partial charge in [0, 0.05) is 27.7 Å². The smallest absolute Gasteiger partial charge is 0.261 e. The molecular weight excluding hydrogens is 346 g/mol. The topological polar surface area (TPSA) is 64.4 Å². The van der Waals surface area contributed by atoms with E-state index in [0.29, 0.717) is 6.61 Å². The van der Waals surface area contributed by atoms with Crippen molar-refractivity contribution in [3.63, 3.8) is 0 Å². The van der Waals surface area contributed by atoms with Crippen LogP contribution in [0, 0.1) is 0 Å². The zero-order valence-corrected chi connectivity index (χ0v) is 13.5. The van der Waals surface area contributed by atoms with E-state index in [1.54, 1.807) is 7.11 Å². The largest absolute Gasteiger partial charge is 0.383 e. The van der Waals surface area contributed by atoms with Crippen LogP contribution in [0.2, 0.25) is 5.02 Å². The van der Waals surface area contributed by atoms with Crippen LogP contribution >= 0.6 is 27.5 Å². The third-order valence-electron chi connectivity index (χ3n) is 2.30. The molecule has 0 bridgehead atoms. The molecule has 0 radical (unpaired) electrons. The Bertz CT molecular complexity index is 486. The minimum absolute atomic E-state index is 0.0104. The van der Waals surface area contributed by atoms with Crippen LogP contribution in [-0.4, -0.2) is 54.6 Å². The normalized spacial score (nSPS) is 14.1. The molecule has 0 aromatic carbocycles. The van der Waals surface area contributed by atoms with Gasteiger partial charge in [-0.3, -0.25) is 4.68 Å². The first-order chi connectivity index (χ1) is 8.30. The molecule has 0 aliphatic carbocycles. The van der Waals surface area contributed by atoms with Crippen molar-refractivity contribution >= 4 is 37.6 Å². The number of hydrogen-bond acceptors (Lipinski definition) is 4. The second kappa shape index (κ2) is 6.33. The van der Waals surface area contributed by atoms with E-state index < -0.39 is 10.0 Å². The van der Waals surface area contributed by atoms with Gasteiger partial charge in [0.05, 0.1) is 22.7 Å². The summed E-state index contributed by atoms with van der Waals surface area (Å²) in [4.78, 5) is -0.0886. The average molecular weight is 361 g/mol. The molecule has 0 aliphatic heterocycles. The quantitative estimate of drug-likeness (QED) is 0.713. The Morgan fingerprint density at radius 1 is 1.67 bits per heavy atom. The molecule has 9 heteroatoms. The van der Waals surface area contributed by atoms with Crippen LogP contribution in [0.5, 0.6) is 0 Å². The molecule has 18 heavy (non-hydrogen) atoms. The van der Waals surface area contributed by atoms with E-state index in [2.05, 4.69) is 21.0 Å². The Morgan fingerprint density at radius 2 is 2.28 bits per heavy atom. The van der Waals surface area contributed by atoms with Crippen molar-refractivity contribution in [1.82, 2.24) is 14.1 Å². The highest BCUT2D eigenvalue weighted by molar-refractivity contribution is 9.09. The summed E-state index contributed by atoms with van der Waals surface area (Å²) in [5.41, 5.74) is 0. The molecule has 1 atom stereocenters. The summed E-state index contributed by atoms with van der Waals surface area (Å²) in [6.07, 6.45) is 1.31. The summed E-state index contributed by atoms with van der Waals surface area (Å²) in [6.45, 7) is 0.691. The fourth-order valence-corrected chi connectivity index (χ4v) is 4.15. The summed E-state index contributed by atoms with van der Waals surface area (Å²) in [5, 5.41) is 3.93. The first kappa shape index (κ1) is 15.9. The molecule has 104 valence electrons. The standard InChI is InChI=1S/C9H15BrClN3O3S/c1-13(5-7(10)6-17-3)18(15,16)9-8(11)4-12-14(9)2/h4,7H,5-6H2,1-3H3. The predicted molar refractivity (Wildman–Crippen MR) is 72.6 cm³/mol. The Morgan fingerprint density at radius 3 is 2.72 bits per heavy atom. The summed E-state index contributed by atoms with van der Waals surface area (Å²) in [7, 11) is 0.926. The summed E-state index contributed by atoms with van der Waals surface area (Å²) >= 11 is 9.19. The number of methoxy groups -OCH3 is 1. The number of alkyl halides is 1. The number of halogens is 2. The van der Waals surface area contributed by atoms with E-state index in [1.807, 2.05) is 0 Å². The molecule has 0 N–H and O–H groups in total. The van der Waals surface area contributed by atoms with Crippen molar-refractivity contribution in [2.24, 2.45) is 7.05 Å². The van der Waals surface area contributed by atoms with E-state index >= 15 is 0 Å². The average Bonchev–Trinajstić information content (AvgIpc) is 2.59. The third-order valence-corrected chi connectivity index (χ3v) is 5.18. The second-order valence-electron chi connectivity index (χ2n) is 3.76. The lowest BCUT2D eigenvalue weighted by molar-refractivity contribution is 0.195. The number of aryl methyl sites for hydroxylation is 1. The van der Waals surface area contributed by atoms with Crippen LogP contribution in [0.25, 0.3) is 0 Å². The van der Waals surface area contributed by atoms with Gasteiger partial charge in [-0.05, 0) is 0 Å². The molecule has 1 rings (SSSR count). The van der Waals surface area contributed by atoms with Crippen LogP contribution in [-0.2, 0) is 21.8 Å². The van der Waals surface area contributed by atoms with E-state index in [1.165, 1.54) is 29.3 Å². The maximum Gasteiger partial charge on any atom is 0.261 e. The monoisotopic (exact) mass is 359 g/mol. The lowest BCUT2D eigenvalue weighted by Crippen LogP contribution is -2.34. The van der Waals surface area contributed by atoms with Crippen molar-refractivity contribution in [1.29, 1.82) is 0 Å². The highest BCUT2D eigenvalue weighted by Gasteiger charge is 2.28. The van der Waals surface area contributed by atoms with Crippen LogP contribution in [0.15, 0.2) is 11.2 Å². The van der Waals surface area contributed by atoms with Gasteiger partial charge in [0.15, 0.2) is 5.03 Å². The van der Waals surface area contributed by atoms with Gasteiger partial charge in [0.2, 0.25) is 0 Å². The summed E-state index contributed by atoms with van der Waals surface area (Å²) in [5.74, 6) is 0. The van der Waals surface area contributed by atoms with Crippen LogP contribution in [0.3, 0.4) is 0 Å². The first-order valence-corrected chi connectivity index (χ1v) is 7.81.